The molecule has 0 amide bonds. The molecule has 2 nitrogen and oxygen atoms in total. The summed E-state index contributed by atoms with van der Waals surface area (Å²) in [5.41, 5.74) is -0.467. The van der Waals surface area contributed by atoms with Gasteiger partial charge in [0.15, 0.2) is 0 Å². The van der Waals surface area contributed by atoms with Crippen LogP contribution in [0.15, 0.2) is 0 Å². The van der Waals surface area contributed by atoms with E-state index in [0.29, 0.717) is 6.04 Å². The predicted octanol–water partition coefficient (Wildman–Crippen LogP) is 2.07. The quantitative estimate of drug-likeness (QED) is 0.726. The Bertz CT molecular complexity index is 179. The third kappa shape index (κ3) is 2.71. The zero-order valence-corrected chi connectivity index (χ0v) is 9.26. The second kappa shape index (κ2) is 4.19. The first-order valence-electron chi connectivity index (χ1n) is 6.14. The van der Waals surface area contributed by atoms with Crippen molar-refractivity contribution >= 4 is 0 Å². The molecule has 0 bridgehead atoms. The fourth-order valence-electron chi connectivity index (χ4n) is 2.61. The van der Waals surface area contributed by atoms with E-state index in [1.807, 2.05) is 6.92 Å². The Hall–Kier alpha value is -0.0800. The van der Waals surface area contributed by atoms with Crippen LogP contribution in [0.5, 0.6) is 0 Å². The van der Waals surface area contributed by atoms with Crippen LogP contribution in [-0.4, -0.2) is 23.3 Å². The van der Waals surface area contributed by atoms with Gasteiger partial charge >= 0.3 is 0 Å². The smallest absolute Gasteiger partial charge is 0.0774 e. The summed E-state index contributed by atoms with van der Waals surface area (Å²) in [7, 11) is 0. The molecule has 0 aromatic rings. The lowest BCUT2D eigenvalue weighted by Gasteiger charge is -2.33. The molecular weight excluding hydrogens is 174 g/mol. The minimum Gasteiger partial charge on any atom is -0.389 e. The third-order valence-electron chi connectivity index (χ3n) is 3.71. The highest BCUT2D eigenvalue weighted by Crippen LogP contribution is 2.38. The van der Waals surface area contributed by atoms with E-state index in [-0.39, 0.29) is 0 Å². The molecule has 14 heavy (non-hydrogen) atoms. The van der Waals surface area contributed by atoms with E-state index in [1.165, 1.54) is 32.1 Å². The van der Waals surface area contributed by atoms with Gasteiger partial charge in [-0.25, -0.2) is 0 Å². The zero-order valence-electron chi connectivity index (χ0n) is 9.26. The maximum atomic E-state index is 10.4. The fraction of sp³-hybridized carbons (Fsp3) is 1.00. The van der Waals surface area contributed by atoms with Crippen LogP contribution in [0.1, 0.15) is 51.9 Å². The molecule has 1 saturated heterocycles. The maximum absolute atomic E-state index is 10.4. The van der Waals surface area contributed by atoms with Crippen molar-refractivity contribution in [3.8, 4) is 0 Å². The Morgan fingerprint density at radius 2 is 2.00 bits per heavy atom. The van der Waals surface area contributed by atoms with Crippen molar-refractivity contribution in [3.05, 3.63) is 0 Å². The van der Waals surface area contributed by atoms with Crippen molar-refractivity contribution in [1.82, 2.24) is 5.32 Å². The Kier molecular flexibility index (Phi) is 3.13. The van der Waals surface area contributed by atoms with E-state index in [4.69, 9.17) is 0 Å². The molecule has 0 aromatic heterocycles. The van der Waals surface area contributed by atoms with Crippen LogP contribution in [0.2, 0.25) is 0 Å². The third-order valence-corrected chi connectivity index (χ3v) is 3.71. The number of nitrogens with one attached hydrogen (secondary N) is 1. The van der Waals surface area contributed by atoms with E-state index >= 15 is 0 Å². The Morgan fingerprint density at radius 3 is 2.71 bits per heavy atom. The number of hydrogen-bond acceptors (Lipinski definition) is 2. The van der Waals surface area contributed by atoms with E-state index in [9.17, 15) is 5.11 Å². The molecule has 0 radical (unpaired) electrons. The molecule has 1 heterocycles. The molecule has 2 rings (SSSR count). The second-order valence-corrected chi connectivity index (χ2v) is 5.36. The largest absolute Gasteiger partial charge is 0.389 e. The van der Waals surface area contributed by atoms with Gasteiger partial charge < -0.3 is 10.4 Å². The molecule has 2 aliphatic rings. The van der Waals surface area contributed by atoms with E-state index in [0.717, 1.165) is 25.3 Å². The molecule has 1 aliphatic heterocycles. The van der Waals surface area contributed by atoms with Crippen LogP contribution in [0.25, 0.3) is 0 Å². The van der Waals surface area contributed by atoms with Gasteiger partial charge in [-0.15, -0.1) is 0 Å². The molecule has 2 atom stereocenters. The summed E-state index contributed by atoms with van der Waals surface area (Å²) in [6.45, 7) is 3.11. The van der Waals surface area contributed by atoms with Gasteiger partial charge in [0.1, 0.15) is 0 Å². The highest BCUT2D eigenvalue weighted by molar-refractivity contribution is 4.93. The molecule has 2 heteroatoms. The van der Waals surface area contributed by atoms with Gasteiger partial charge in [-0.2, -0.15) is 0 Å². The van der Waals surface area contributed by atoms with Gasteiger partial charge in [-0.1, -0.05) is 25.7 Å². The molecule has 2 N–H and O–H groups in total. The summed E-state index contributed by atoms with van der Waals surface area (Å²) in [5.74, 6) is 0.815. The SMILES string of the molecule is CC(O)(CC1CC1)C1CCCCCN1. The lowest BCUT2D eigenvalue weighted by atomic mass is 9.88. The maximum Gasteiger partial charge on any atom is 0.0774 e. The summed E-state index contributed by atoms with van der Waals surface area (Å²) in [4.78, 5) is 0. The van der Waals surface area contributed by atoms with E-state index < -0.39 is 5.60 Å². The highest BCUT2D eigenvalue weighted by Gasteiger charge is 2.37. The van der Waals surface area contributed by atoms with Gasteiger partial charge in [0, 0.05) is 6.04 Å². The Labute approximate surface area is 87.1 Å². The summed E-state index contributed by atoms with van der Waals surface area (Å²) in [6, 6.07) is 0.339. The Balaban J connectivity index is 1.88. The van der Waals surface area contributed by atoms with Crippen LogP contribution in [0.3, 0.4) is 0 Å². The molecule has 2 fully saturated rings. The summed E-state index contributed by atoms with van der Waals surface area (Å²) in [6.07, 6.45) is 8.70. The number of aliphatic hydroxyl groups is 1. The van der Waals surface area contributed by atoms with Crippen molar-refractivity contribution < 1.29 is 5.11 Å². The van der Waals surface area contributed by atoms with Gasteiger partial charge in [0.25, 0.3) is 0 Å². The minimum atomic E-state index is -0.467. The normalized spacial score (nSPS) is 33.4. The van der Waals surface area contributed by atoms with Crippen molar-refractivity contribution in [2.45, 2.75) is 63.5 Å². The molecular formula is C12H23NO. The number of rotatable bonds is 3. The molecule has 1 saturated carbocycles. The molecule has 0 spiro atoms. The minimum absolute atomic E-state index is 0.339. The fourth-order valence-corrected chi connectivity index (χ4v) is 2.61. The Morgan fingerprint density at radius 1 is 1.21 bits per heavy atom. The van der Waals surface area contributed by atoms with Crippen molar-refractivity contribution in [2.24, 2.45) is 5.92 Å². The topological polar surface area (TPSA) is 32.3 Å². The van der Waals surface area contributed by atoms with Crippen molar-refractivity contribution in [1.29, 1.82) is 0 Å². The van der Waals surface area contributed by atoms with Crippen LogP contribution in [0.4, 0.5) is 0 Å². The summed E-state index contributed by atoms with van der Waals surface area (Å²) >= 11 is 0. The zero-order chi connectivity index (χ0) is 10.0. The standard InChI is InChI=1S/C12H23NO/c1-12(14,9-10-6-7-10)11-5-3-2-4-8-13-11/h10-11,13-14H,2-9H2,1H3. The second-order valence-electron chi connectivity index (χ2n) is 5.36. The summed E-state index contributed by atoms with van der Waals surface area (Å²) < 4.78 is 0. The first-order valence-corrected chi connectivity index (χ1v) is 6.14. The van der Waals surface area contributed by atoms with Gasteiger partial charge in [0.05, 0.1) is 5.60 Å². The van der Waals surface area contributed by atoms with Gasteiger partial charge in [-0.3, -0.25) is 0 Å². The molecule has 2 unspecified atom stereocenters. The molecule has 82 valence electrons. The molecule has 0 aromatic carbocycles. The van der Waals surface area contributed by atoms with Crippen LogP contribution in [0, 0.1) is 5.92 Å². The first-order chi connectivity index (χ1) is 6.68. The highest BCUT2D eigenvalue weighted by atomic mass is 16.3. The van der Waals surface area contributed by atoms with Crippen LogP contribution < -0.4 is 5.32 Å². The lowest BCUT2D eigenvalue weighted by molar-refractivity contribution is 0.00488. The van der Waals surface area contributed by atoms with Gasteiger partial charge in [-0.05, 0) is 38.6 Å². The monoisotopic (exact) mass is 197 g/mol. The first kappa shape index (κ1) is 10.4. The van der Waals surface area contributed by atoms with E-state index in [2.05, 4.69) is 5.32 Å². The summed E-state index contributed by atoms with van der Waals surface area (Å²) in [5, 5.41) is 13.9. The van der Waals surface area contributed by atoms with Gasteiger partial charge in [0.2, 0.25) is 0 Å². The van der Waals surface area contributed by atoms with Crippen molar-refractivity contribution in [3.63, 3.8) is 0 Å². The lowest BCUT2D eigenvalue weighted by Crippen LogP contribution is -2.48. The predicted molar refractivity (Wildman–Crippen MR) is 58.2 cm³/mol. The molecule has 1 aliphatic carbocycles. The van der Waals surface area contributed by atoms with E-state index in [1.54, 1.807) is 0 Å². The average molecular weight is 197 g/mol. The van der Waals surface area contributed by atoms with Crippen LogP contribution in [-0.2, 0) is 0 Å². The van der Waals surface area contributed by atoms with Crippen molar-refractivity contribution in [2.75, 3.05) is 6.54 Å². The van der Waals surface area contributed by atoms with Crippen LogP contribution >= 0.6 is 0 Å². The number of hydrogen-bond donors (Lipinski definition) is 2. The average Bonchev–Trinajstić information content (AvgIpc) is 2.88.